The molecule has 5 heteroatoms. The van der Waals surface area contributed by atoms with Gasteiger partial charge in [-0.2, -0.15) is 0 Å². The fourth-order valence-electron chi connectivity index (χ4n) is 1.57. The molecular weight excluding hydrogens is 257 g/mol. The zero-order valence-corrected chi connectivity index (χ0v) is 11.5. The molecule has 0 bridgehead atoms. The van der Waals surface area contributed by atoms with E-state index in [4.69, 9.17) is 21.1 Å². The maximum Gasteiger partial charge on any atom is 0.159 e. The number of anilines is 1. The summed E-state index contributed by atoms with van der Waals surface area (Å²) in [6, 6.07) is 4.60. The highest BCUT2D eigenvalue weighted by atomic mass is 35.5. The zero-order valence-electron chi connectivity index (χ0n) is 10.7. The summed E-state index contributed by atoms with van der Waals surface area (Å²) in [5.41, 5.74) is 0.325. The van der Waals surface area contributed by atoms with Gasteiger partial charge >= 0.3 is 0 Å². The molecule has 0 aliphatic heterocycles. The summed E-state index contributed by atoms with van der Waals surface area (Å²) >= 11 is 5.90. The molecule has 0 aliphatic carbocycles. The topological polar surface area (TPSA) is 30.5 Å². The SMILES string of the molecule is CCOC(CCNc1c(F)cccc1Cl)OCC. The highest BCUT2D eigenvalue weighted by Gasteiger charge is 2.10. The fraction of sp³-hybridized carbons (Fsp3) is 0.538. The molecule has 1 N–H and O–H groups in total. The molecule has 0 heterocycles. The van der Waals surface area contributed by atoms with Crippen LogP contribution in [0.15, 0.2) is 18.2 Å². The van der Waals surface area contributed by atoms with Crippen molar-refractivity contribution in [3.63, 3.8) is 0 Å². The quantitative estimate of drug-likeness (QED) is 0.734. The van der Waals surface area contributed by atoms with Crippen molar-refractivity contribution in [1.82, 2.24) is 0 Å². The lowest BCUT2D eigenvalue weighted by Gasteiger charge is -2.17. The first-order valence-corrected chi connectivity index (χ1v) is 6.47. The largest absolute Gasteiger partial charge is 0.381 e. The number of hydrogen-bond acceptors (Lipinski definition) is 3. The van der Waals surface area contributed by atoms with Gasteiger partial charge in [0.1, 0.15) is 5.82 Å². The minimum Gasteiger partial charge on any atom is -0.381 e. The second-order valence-corrected chi connectivity index (χ2v) is 4.06. The Labute approximate surface area is 112 Å². The summed E-state index contributed by atoms with van der Waals surface area (Å²) in [5.74, 6) is -0.355. The maximum atomic E-state index is 13.5. The maximum absolute atomic E-state index is 13.5. The molecule has 0 aliphatic rings. The summed E-state index contributed by atoms with van der Waals surface area (Å²) in [6.07, 6.45) is 0.366. The van der Waals surface area contributed by atoms with Crippen molar-refractivity contribution < 1.29 is 13.9 Å². The number of nitrogens with one attached hydrogen (secondary N) is 1. The van der Waals surface area contributed by atoms with Crippen LogP contribution in [0.5, 0.6) is 0 Å². The highest BCUT2D eigenvalue weighted by Crippen LogP contribution is 2.24. The molecule has 0 saturated carbocycles. The average Bonchev–Trinajstić information content (AvgIpc) is 2.33. The number of hydrogen-bond donors (Lipinski definition) is 1. The van der Waals surface area contributed by atoms with E-state index in [0.29, 0.717) is 36.9 Å². The summed E-state index contributed by atoms with van der Waals surface area (Å²) in [7, 11) is 0. The van der Waals surface area contributed by atoms with Gasteiger partial charge in [0, 0.05) is 26.2 Å². The Morgan fingerprint density at radius 3 is 2.50 bits per heavy atom. The van der Waals surface area contributed by atoms with Crippen molar-refractivity contribution in [1.29, 1.82) is 0 Å². The summed E-state index contributed by atoms with van der Waals surface area (Å²) in [5, 5.41) is 3.34. The number of ether oxygens (including phenoxy) is 2. The molecule has 0 amide bonds. The van der Waals surface area contributed by atoms with Gasteiger partial charge in [0.15, 0.2) is 6.29 Å². The van der Waals surface area contributed by atoms with E-state index in [-0.39, 0.29) is 12.1 Å². The van der Waals surface area contributed by atoms with Gasteiger partial charge in [0.05, 0.1) is 10.7 Å². The molecule has 1 aromatic carbocycles. The second-order valence-electron chi connectivity index (χ2n) is 3.65. The number of para-hydroxylation sites is 1. The van der Waals surface area contributed by atoms with Crippen LogP contribution in [0.3, 0.4) is 0 Å². The first-order chi connectivity index (χ1) is 8.69. The Kier molecular flexibility index (Phi) is 7.01. The normalized spacial score (nSPS) is 10.9. The van der Waals surface area contributed by atoms with Gasteiger partial charge in [-0.15, -0.1) is 0 Å². The van der Waals surface area contributed by atoms with Crippen LogP contribution in [0.2, 0.25) is 5.02 Å². The summed E-state index contributed by atoms with van der Waals surface area (Å²) in [4.78, 5) is 0. The van der Waals surface area contributed by atoms with Crippen LogP contribution in [0.25, 0.3) is 0 Å². The van der Waals surface area contributed by atoms with Crippen LogP contribution in [0.1, 0.15) is 20.3 Å². The minimum atomic E-state index is -0.355. The first kappa shape index (κ1) is 15.2. The van der Waals surface area contributed by atoms with Crippen molar-refractivity contribution >= 4 is 17.3 Å². The van der Waals surface area contributed by atoms with E-state index in [1.54, 1.807) is 12.1 Å². The molecule has 0 fully saturated rings. The lowest BCUT2D eigenvalue weighted by Crippen LogP contribution is -2.21. The molecule has 0 saturated heterocycles. The van der Waals surface area contributed by atoms with Gasteiger partial charge in [-0.1, -0.05) is 17.7 Å². The van der Waals surface area contributed by atoms with E-state index in [0.717, 1.165) is 0 Å². The predicted molar refractivity (Wildman–Crippen MR) is 71.6 cm³/mol. The van der Waals surface area contributed by atoms with Gasteiger partial charge in [0.25, 0.3) is 0 Å². The number of halogens is 2. The highest BCUT2D eigenvalue weighted by molar-refractivity contribution is 6.33. The van der Waals surface area contributed by atoms with Crippen molar-refractivity contribution in [3.05, 3.63) is 29.0 Å². The summed E-state index contributed by atoms with van der Waals surface area (Å²) in [6.45, 7) is 5.53. The molecule has 0 unspecified atom stereocenters. The molecule has 1 aromatic rings. The average molecular weight is 276 g/mol. The van der Waals surface area contributed by atoms with Gasteiger partial charge < -0.3 is 14.8 Å². The first-order valence-electron chi connectivity index (χ1n) is 6.10. The molecule has 102 valence electrons. The predicted octanol–water partition coefficient (Wildman–Crippen LogP) is 3.68. The zero-order chi connectivity index (χ0) is 13.4. The molecule has 18 heavy (non-hydrogen) atoms. The van der Waals surface area contributed by atoms with Gasteiger partial charge in [0.2, 0.25) is 0 Å². The van der Waals surface area contributed by atoms with Crippen LogP contribution in [0, 0.1) is 5.82 Å². The van der Waals surface area contributed by atoms with Crippen molar-refractivity contribution in [2.24, 2.45) is 0 Å². The lowest BCUT2D eigenvalue weighted by molar-refractivity contribution is -0.137. The van der Waals surface area contributed by atoms with Gasteiger partial charge in [-0.05, 0) is 26.0 Å². The lowest BCUT2D eigenvalue weighted by atomic mass is 10.3. The van der Waals surface area contributed by atoms with Crippen LogP contribution in [-0.2, 0) is 9.47 Å². The third kappa shape index (κ3) is 4.80. The third-order valence-corrected chi connectivity index (χ3v) is 2.66. The van der Waals surface area contributed by atoms with Crippen LogP contribution >= 0.6 is 11.6 Å². The Balaban J connectivity index is 2.44. The molecule has 0 spiro atoms. The monoisotopic (exact) mass is 275 g/mol. The van der Waals surface area contributed by atoms with Crippen LogP contribution in [-0.4, -0.2) is 26.0 Å². The molecule has 0 aromatic heterocycles. The van der Waals surface area contributed by atoms with Gasteiger partial charge in [-0.3, -0.25) is 0 Å². The van der Waals surface area contributed by atoms with E-state index in [1.807, 2.05) is 13.8 Å². The van der Waals surface area contributed by atoms with E-state index < -0.39 is 0 Å². The number of benzene rings is 1. The Morgan fingerprint density at radius 1 is 1.28 bits per heavy atom. The van der Waals surface area contributed by atoms with Crippen LogP contribution in [0.4, 0.5) is 10.1 Å². The van der Waals surface area contributed by atoms with E-state index in [1.165, 1.54) is 6.07 Å². The van der Waals surface area contributed by atoms with E-state index in [9.17, 15) is 4.39 Å². The van der Waals surface area contributed by atoms with Crippen molar-refractivity contribution in [2.75, 3.05) is 25.1 Å². The van der Waals surface area contributed by atoms with Crippen molar-refractivity contribution in [3.8, 4) is 0 Å². The Hall–Kier alpha value is -0.840. The minimum absolute atomic E-state index is 0.266. The van der Waals surface area contributed by atoms with E-state index in [2.05, 4.69) is 5.32 Å². The molecular formula is C13H19ClFNO2. The fourth-order valence-corrected chi connectivity index (χ4v) is 1.80. The third-order valence-electron chi connectivity index (χ3n) is 2.35. The molecule has 1 rings (SSSR count). The second kappa shape index (κ2) is 8.29. The van der Waals surface area contributed by atoms with Gasteiger partial charge in [-0.25, -0.2) is 4.39 Å². The summed E-state index contributed by atoms with van der Waals surface area (Å²) < 4.78 is 24.2. The van der Waals surface area contributed by atoms with E-state index >= 15 is 0 Å². The molecule has 0 radical (unpaired) electrons. The Bertz CT molecular complexity index is 337. The Morgan fingerprint density at radius 2 is 1.94 bits per heavy atom. The molecule has 0 atom stereocenters. The smallest absolute Gasteiger partial charge is 0.159 e. The molecule has 3 nitrogen and oxygen atoms in total. The van der Waals surface area contributed by atoms with Crippen LogP contribution < -0.4 is 5.32 Å². The van der Waals surface area contributed by atoms with Crippen molar-refractivity contribution in [2.45, 2.75) is 26.6 Å². The standard InChI is InChI=1S/C13H19ClFNO2/c1-3-17-12(18-4-2)8-9-16-13-10(14)6-5-7-11(13)15/h5-7,12,16H,3-4,8-9H2,1-2H3. The number of rotatable bonds is 8.